The quantitative estimate of drug-likeness (QED) is 0.650. The maximum atomic E-state index is 5.62. The third-order valence-corrected chi connectivity index (χ3v) is 11.3. The van der Waals surface area contributed by atoms with Crippen LogP contribution in [0.4, 0.5) is 0 Å². The predicted octanol–water partition coefficient (Wildman–Crippen LogP) is 4.21. The molecule has 0 atom stereocenters. The third kappa shape index (κ3) is 5.09. The molecule has 1 aliphatic rings. The summed E-state index contributed by atoms with van der Waals surface area (Å²) in [7, 11) is 0. The summed E-state index contributed by atoms with van der Waals surface area (Å²) in [5, 5.41) is 0. The van der Waals surface area contributed by atoms with Crippen LogP contribution in [0.1, 0.15) is 20.8 Å². The van der Waals surface area contributed by atoms with Crippen LogP contribution in [0.5, 0.6) is 0 Å². The minimum Gasteiger partial charge on any atom is -0.322 e. The molecular formula is C9H19O2PS4. The average Bonchev–Trinajstić information content (AvgIpc) is 2.64. The van der Waals surface area contributed by atoms with E-state index in [9.17, 15) is 0 Å². The van der Waals surface area contributed by atoms with E-state index in [1.54, 1.807) is 11.4 Å². The van der Waals surface area contributed by atoms with Gasteiger partial charge in [0.1, 0.15) is 0 Å². The van der Waals surface area contributed by atoms with Gasteiger partial charge in [0.15, 0.2) is 0 Å². The van der Waals surface area contributed by atoms with Gasteiger partial charge in [-0.2, -0.15) is 0 Å². The number of rotatable bonds is 7. The van der Waals surface area contributed by atoms with E-state index in [2.05, 4.69) is 6.92 Å². The lowest BCUT2D eigenvalue weighted by molar-refractivity contribution is 0.280. The molecule has 7 heteroatoms. The summed E-state index contributed by atoms with van der Waals surface area (Å²) in [4.78, 5) is 0. The second-order valence-corrected chi connectivity index (χ2v) is 13.2. The van der Waals surface area contributed by atoms with Crippen LogP contribution in [0.15, 0.2) is 0 Å². The van der Waals surface area contributed by atoms with Crippen molar-refractivity contribution in [3.8, 4) is 0 Å². The van der Waals surface area contributed by atoms with E-state index in [0.29, 0.717) is 17.3 Å². The molecule has 1 aliphatic heterocycles. The van der Waals surface area contributed by atoms with Crippen molar-refractivity contribution >= 4 is 52.4 Å². The molecule has 0 bridgehead atoms. The molecule has 1 rings (SSSR count). The van der Waals surface area contributed by atoms with Crippen molar-refractivity contribution in [1.29, 1.82) is 0 Å². The molecule has 0 aliphatic carbocycles. The monoisotopic (exact) mass is 318 g/mol. The summed E-state index contributed by atoms with van der Waals surface area (Å²) in [5.41, 5.74) is -2.09. The highest BCUT2D eigenvalue weighted by Gasteiger charge is 2.33. The molecule has 16 heavy (non-hydrogen) atoms. The van der Waals surface area contributed by atoms with E-state index in [-0.39, 0.29) is 0 Å². The standard InChI is InChI=1S/C9H19O2PS4/c1-4-10-12(13,11-5-2)16-8-9(3)14-6-7-15-9/h4-8H2,1-3H3. The van der Waals surface area contributed by atoms with Crippen LogP contribution in [-0.4, -0.2) is 34.6 Å². The summed E-state index contributed by atoms with van der Waals surface area (Å²) >= 11 is 11.3. The molecular weight excluding hydrogens is 299 g/mol. The summed E-state index contributed by atoms with van der Waals surface area (Å²) in [6.07, 6.45) is 0. The molecule has 0 radical (unpaired) electrons. The number of thioether (sulfide) groups is 2. The highest BCUT2D eigenvalue weighted by Crippen LogP contribution is 2.63. The van der Waals surface area contributed by atoms with Gasteiger partial charge < -0.3 is 9.05 Å². The minimum atomic E-state index is -2.09. The fraction of sp³-hybridized carbons (Fsp3) is 1.00. The van der Waals surface area contributed by atoms with Crippen molar-refractivity contribution < 1.29 is 9.05 Å². The topological polar surface area (TPSA) is 18.5 Å². The first-order valence-corrected chi connectivity index (χ1v) is 11.5. The van der Waals surface area contributed by atoms with Crippen molar-refractivity contribution in [2.24, 2.45) is 0 Å². The normalized spacial score (nSPS) is 20.2. The maximum Gasteiger partial charge on any atom is 0.247 e. The van der Waals surface area contributed by atoms with Gasteiger partial charge in [-0.1, -0.05) is 11.4 Å². The second kappa shape index (κ2) is 7.27. The van der Waals surface area contributed by atoms with Crippen LogP contribution >= 0.6 is 40.6 Å². The molecule has 0 aromatic heterocycles. The number of hydrogen-bond donors (Lipinski definition) is 0. The van der Waals surface area contributed by atoms with Crippen molar-refractivity contribution in [1.82, 2.24) is 0 Å². The highest BCUT2D eigenvalue weighted by atomic mass is 32.9. The van der Waals surface area contributed by atoms with Crippen LogP contribution in [0.25, 0.3) is 0 Å². The molecule has 0 amide bonds. The molecule has 0 saturated carbocycles. The molecule has 1 heterocycles. The van der Waals surface area contributed by atoms with Crippen LogP contribution in [0, 0.1) is 0 Å². The van der Waals surface area contributed by atoms with Gasteiger partial charge in [0.2, 0.25) is 5.69 Å². The summed E-state index contributed by atoms with van der Waals surface area (Å²) in [6, 6.07) is 0. The summed E-state index contributed by atoms with van der Waals surface area (Å²) in [6.45, 7) is 7.52. The minimum absolute atomic E-state index is 0.295. The third-order valence-electron chi connectivity index (χ3n) is 1.96. The van der Waals surface area contributed by atoms with Crippen molar-refractivity contribution in [2.45, 2.75) is 24.9 Å². The van der Waals surface area contributed by atoms with Crippen LogP contribution in [0.2, 0.25) is 0 Å². The SMILES string of the molecule is CCOP(=S)(OCC)SCC1(C)SCCS1. The lowest BCUT2D eigenvalue weighted by Gasteiger charge is -2.26. The average molecular weight is 318 g/mol. The van der Waals surface area contributed by atoms with E-state index >= 15 is 0 Å². The zero-order valence-corrected chi connectivity index (χ0v) is 14.1. The largest absolute Gasteiger partial charge is 0.322 e. The van der Waals surface area contributed by atoms with E-state index in [0.717, 1.165) is 5.75 Å². The van der Waals surface area contributed by atoms with Crippen molar-refractivity contribution in [3.63, 3.8) is 0 Å². The van der Waals surface area contributed by atoms with Crippen LogP contribution < -0.4 is 0 Å². The lowest BCUT2D eigenvalue weighted by Crippen LogP contribution is -2.14. The van der Waals surface area contributed by atoms with E-state index < -0.39 is 5.69 Å². The zero-order chi connectivity index (χ0) is 12.1. The Bertz CT molecular complexity index is 246. The Labute approximate surface area is 116 Å². The van der Waals surface area contributed by atoms with Crippen LogP contribution in [-0.2, 0) is 20.9 Å². The molecule has 0 spiro atoms. The van der Waals surface area contributed by atoms with Gasteiger partial charge >= 0.3 is 0 Å². The Morgan fingerprint density at radius 1 is 1.25 bits per heavy atom. The molecule has 1 saturated heterocycles. The number of hydrogen-bond acceptors (Lipinski definition) is 6. The Balaban J connectivity index is 2.45. The molecule has 0 unspecified atom stereocenters. The van der Waals surface area contributed by atoms with E-state index in [1.807, 2.05) is 37.4 Å². The van der Waals surface area contributed by atoms with E-state index in [1.165, 1.54) is 11.5 Å². The smallest absolute Gasteiger partial charge is 0.247 e. The van der Waals surface area contributed by atoms with Gasteiger partial charge in [-0.15, -0.1) is 23.5 Å². The van der Waals surface area contributed by atoms with E-state index in [4.69, 9.17) is 20.9 Å². The molecule has 96 valence electrons. The maximum absolute atomic E-state index is 5.62. The first-order valence-electron chi connectivity index (χ1n) is 5.35. The summed E-state index contributed by atoms with van der Waals surface area (Å²) in [5.74, 6) is 3.50. The molecule has 1 fully saturated rings. The van der Waals surface area contributed by atoms with Crippen molar-refractivity contribution in [2.75, 3.05) is 30.5 Å². The Hall–Kier alpha value is 1.62. The second-order valence-electron chi connectivity index (χ2n) is 3.39. The Morgan fingerprint density at radius 2 is 1.75 bits per heavy atom. The van der Waals surface area contributed by atoms with Gasteiger partial charge in [0, 0.05) is 17.3 Å². The fourth-order valence-electron chi connectivity index (χ4n) is 1.26. The Morgan fingerprint density at radius 3 is 2.19 bits per heavy atom. The first-order chi connectivity index (χ1) is 7.54. The molecule has 0 aromatic carbocycles. The molecule has 2 nitrogen and oxygen atoms in total. The van der Waals surface area contributed by atoms with Crippen LogP contribution in [0.3, 0.4) is 0 Å². The van der Waals surface area contributed by atoms with Gasteiger partial charge in [-0.05, 0) is 32.6 Å². The van der Waals surface area contributed by atoms with Gasteiger partial charge in [0.25, 0.3) is 0 Å². The van der Waals surface area contributed by atoms with Gasteiger partial charge in [0.05, 0.1) is 17.3 Å². The fourth-order valence-corrected chi connectivity index (χ4v) is 9.86. The first kappa shape index (κ1) is 15.7. The zero-order valence-electron chi connectivity index (χ0n) is 9.93. The van der Waals surface area contributed by atoms with Gasteiger partial charge in [-0.3, -0.25) is 0 Å². The molecule has 0 aromatic rings. The highest BCUT2D eigenvalue weighted by molar-refractivity contribution is 8.68. The molecule has 0 N–H and O–H groups in total. The lowest BCUT2D eigenvalue weighted by atomic mass is 10.5. The van der Waals surface area contributed by atoms with Gasteiger partial charge in [-0.25, -0.2) is 0 Å². The summed E-state index contributed by atoms with van der Waals surface area (Å²) < 4.78 is 11.5. The Kier molecular flexibility index (Phi) is 7.12. The predicted molar refractivity (Wildman–Crippen MR) is 83.3 cm³/mol. The van der Waals surface area contributed by atoms with Crippen molar-refractivity contribution in [3.05, 3.63) is 0 Å².